The predicted molar refractivity (Wildman–Crippen MR) is 89.1 cm³/mol. The lowest BCUT2D eigenvalue weighted by atomic mass is 9.83. The van der Waals surface area contributed by atoms with E-state index in [-0.39, 0.29) is 0 Å². The van der Waals surface area contributed by atoms with Crippen molar-refractivity contribution in [1.29, 1.82) is 0 Å². The van der Waals surface area contributed by atoms with Gasteiger partial charge in [0.1, 0.15) is 5.75 Å². The standard InChI is InChI=1S/C17H25BrN2O/c1-21-16-4-5-17(18)14(10-16)9-15(20-19)8-13-7-11-2-3-12(13)6-11/h4-5,10-13,15,20H,2-3,6-9,19H2,1H3. The third-order valence-electron chi connectivity index (χ3n) is 5.43. The second-order valence-electron chi connectivity index (χ2n) is 6.70. The summed E-state index contributed by atoms with van der Waals surface area (Å²) in [7, 11) is 1.71. The summed E-state index contributed by atoms with van der Waals surface area (Å²) in [4.78, 5) is 0. The van der Waals surface area contributed by atoms with Crippen LogP contribution in [0.4, 0.5) is 0 Å². The molecule has 0 aliphatic heterocycles. The van der Waals surface area contributed by atoms with E-state index in [9.17, 15) is 0 Å². The van der Waals surface area contributed by atoms with E-state index in [2.05, 4.69) is 33.5 Å². The molecule has 3 rings (SSSR count). The second kappa shape index (κ2) is 6.67. The van der Waals surface area contributed by atoms with Gasteiger partial charge < -0.3 is 4.74 Å². The van der Waals surface area contributed by atoms with Crippen LogP contribution in [0, 0.1) is 17.8 Å². The van der Waals surface area contributed by atoms with Gasteiger partial charge in [0.25, 0.3) is 0 Å². The smallest absolute Gasteiger partial charge is 0.119 e. The van der Waals surface area contributed by atoms with E-state index in [0.717, 1.165) is 34.4 Å². The third kappa shape index (κ3) is 3.43. The van der Waals surface area contributed by atoms with Crippen LogP contribution < -0.4 is 16.0 Å². The van der Waals surface area contributed by atoms with Gasteiger partial charge in [-0.05, 0) is 73.6 Å². The number of nitrogens with two attached hydrogens (primary N) is 1. The molecule has 0 spiro atoms. The Labute approximate surface area is 135 Å². The van der Waals surface area contributed by atoms with Crippen LogP contribution in [0.2, 0.25) is 0 Å². The summed E-state index contributed by atoms with van der Waals surface area (Å²) in [5, 5.41) is 0. The monoisotopic (exact) mass is 352 g/mol. The van der Waals surface area contributed by atoms with Crippen molar-refractivity contribution in [3.05, 3.63) is 28.2 Å². The maximum Gasteiger partial charge on any atom is 0.119 e. The molecule has 0 amide bonds. The minimum Gasteiger partial charge on any atom is -0.497 e. The zero-order valence-electron chi connectivity index (χ0n) is 12.6. The molecular formula is C17H25BrN2O. The highest BCUT2D eigenvalue weighted by Crippen LogP contribution is 2.50. The minimum absolute atomic E-state index is 0.345. The molecule has 2 aliphatic rings. The number of hydrazine groups is 1. The molecule has 1 aromatic carbocycles. The largest absolute Gasteiger partial charge is 0.497 e. The van der Waals surface area contributed by atoms with Crippen molar-refractivity contribution in [3.63, 3.8) is 0 Å². The normalized spacial score (nSPS) is 28.8. The summed E-state index contributed by atoms with van der Waals surface area (Å²) in [5.41, 5.74) is 4.30. The SMILES string of the molecule is COc1ccc(Br)c(CC(CC2CC3CCC2C3)NN)c1. The zero-order valence-corrected chi connectivity index (χ0v) is 14.2. The van der Waals surface area contributed by atoms with Crippen LogP contribution in [0.1, 0.15) is 37.7 Å². The molecule has 3 N–H and O–H groups in total. The Morgan fingerprint density at radius 2 is 2.24 bits per heavy atom. The van der Waals surface area contributed by atoms with Gasteiger partial charge in [0.2, 0.25) is 0 Å². The molecule has 3 nitrogen and oxygen atoms in total. The number of benzene rings is 1. The average Bonchev–Trinajstić information content (AvgIpc) is 3.11. The summed E-state index contributed by atoms with van der Waals surface area (Å²) in [5.74, 6) is 9.56. The summed E-state index contributed by atoms with van der Waals surface area (Å²) in [6.45, 7) is 0. The lowest BCUT2D eigenvalue weighted by molar-refractivity contribution is 0.277. The number of methoxy groups -OCH3 is 1. The maximum absolute atomic E-state index is 5.82. The molecule has 2 fully saturated rings. The van der Waals surface area contributed by atoms with Crippen LogP contribution >= 0.6 is 15.9 Å². The van der Waals surface area contributed by atoms with Crippen LogP contribution in [0.3, 0.4) is 0 Å². The first-order chi connectivity index (χ1) is 10.2. The van der Waals surface area contributed by atoms with Crippen LogP contribution in [-0.2, 0) is 6.42 Å². The summed E-state index contributed by atoms with van der Waals surface area (Å²) in [6, 6.07) is 6.49. The number of halogens is 1. The molecule has 4 heteroatoms. The van der Waals surface area contributed by atoms with Gasteiger partial charge >= 0.3 is 0 Å². The highest BCUT2D eigenvalue weighted by Gasteiger charge is 2.40. The first-order valence-electron chi connectivity index (χ1n) is 7.98. The fraction of sp³-hybridized carbons (Fsp3) is 0.647. The van der Waals surface area contributed by atoms with Crippen LogP contribution in [-0.4, -0.2) is 13.2 Å². The number of nitrogens with one attached hydrogen (secondary N) is 1. The van der Waals surface area contributed by atoms with Crippen molar-refractivity contribution in [3.8, 4) is 5.75 Å². The summed E-state index contributed by atoms with van der Waals surface area (Å²) in [6.07, 6.45) is 7.93. The Morgan fingerprint density at radius 3 is 2.86 bits per heavy atom. The molecule has 0 aromatic heterocycles. The van der Waals surface area contributed by atoms with E-state index >= 15 is 0 Å². The first kappa shape index (κ1) is 15.3. The average molecular weight is 353 g/mol. The van der Waals surface area contributed by atoms with Crippen LogP contribution in [0.25, 0.3) is 0 Å². The van der Waals surface area contributed by atoms with Crippen molar-refractivity contribution >= 4 is 15.9 Å². The third-order valence-corrected chi connectivity index (χ3v) is 6.20. The molecule has 4 atom stereocenters. The van der Waals surface area contributed by atoms with E-state index < -0.39 is 0 Å². The first-order valence-corrected chi connectivity index (χ1v) is 8.77. The van der Waals surface area contributed by atoms with Crippen molar-refractivity contribution in [2.45, 2.75) is 44.6 Å². The Morgan fingerprint density at radius 1 is 1.38 bits per heavy atom. The topological polar surface area (TPSA) is 47.3 Å². The van der Waals surface area contributed by atoms with Gasteiger partial charge in [-0.3, -0.25) is 11.3 Å². The molecule has 21 heavy (non-hydrogen) atoms. The lowest BCUT2D eigenvalue weighted by Gasteiger charge is -2.26. The van der Waals surface area contributed by atoms with E-state index in [1.807, 2.05) is 6.07 Å². The quantitative estimate of drug-likeness (QED) is 0.606. The van der Waals surface area contributed by atoms with Gasteiger partial charge in [-0.15, -0.1) is 0 Å². The van der Waals surface area contributed by atoms with Crippen LogP contribution in [0.15, 0.2) is 22.7 Å². The van der Waals surface area contributed by atoms with Gasteiger partial charge in [0.15, 0.2) is 0 Å². The zero-order chi connectivity index (χ0) is 14.8. The molecule has 0 radical (unpaired) electrons. The highest BCUT2D eigenvalue weighted by atomic mass is 79.9. The minimum atomic E-state index is 0.345. The Kier molecular flexibility index (Phi) is 4.87. The number of ether oxygens (including phenoxy) is 1. The van der Waals surface area contributed by atoms with E-state index in [1.165, 1.54) is 37.7 Å². The van der Waals surface area contributed by atoms with Crippen LogP contribution in [0.5, 0.6) is 5.75 Å². The molecule has 2 saturated carbocycles. The van der Waals surface area contributed by atoms with E-state index in [0.29, 0.717) is 6.04 Å². The van der Waals surface area contributed by atoms with Crippen molar-refractivity contribution in [2.75, 3.05) is 7.11 Å². The van der Waals surface area contributed by atoms with Crippen molar-refractivity contribution in [2.24, 2.45) is 23.6 Å². The fourth-order valence-corrected chi connectivity index (χ4v) is 4.75. The lowest BCUT2D eigenvalue weighted by Crippen LogP contribution is -2.39. The molecule has 1 aromatic rings. The highest BCUT2D eigenvalue weighted by molar-refractivity contribution is 9.10. The Hall–Kier alpha value is -0.580. The molecule has 116 valence electrons. The fourth-order valence-electron chi connectivity index (χ4n) is 4.34. The number of hydrogen-bond donors (Lipinski definition) is 2. The van der Waals surface area contributed by atoms with E-state index in [1.54, 1.807) is 7.11 Å². The molecule has 0 saturated heterocycles. The Balaban J connectivity index is 1.64. The number of fused-ring (bicyclic) bond motifs is 2. The predicted octanol–water partition coefficient (Wildman–Crippen LogP) is 3.66. The van der Waals surface area contributed by atoms with Gasteiger partial charge in [0.05, 0.1) is 7.11 Å². The van der Waals surface area contributed by atoms with Gasteiger partial charge in [0, 0.05) is 10.5 Å². The molecular weight excluding hydrogens is 328 g/mol. The summed E-state index contributed by atoms with van der Waals surface area (Å²) < 4.78 is 6.46. The van der Waals surface area contributed by atoms with Gasteiger partial charge in [-0.25, -0.2) is 0 Å². The second-order valence-corrected chi connectivity index (χ2v) is 7.55. The number of hydrogen-bond acceptors (Lipinski definition) is 3. The Bertz CT molecular complexity index is 494. The van der Waals surface area contributed by atoms with Crippen molar-refractivity contribution < 1.29 is 4.74 Å². The molecule has 2 bridgehead atoms. The maximum atomic E-state index is 5.82. The molecule has 2 aliphatic carbocycles. The van der Waals surface area contributed by atoms with E-state index in [4.69, 9.17) is 10.6 Å². The number of rotatable bonds is 6. The van der Waals surface area contributed by atoms with Gasteiger partial charge in [-0.1, -0.05) is 22.4 Å². The van der Waals surface area contributed by atoms with Gasteiger partial charge in [-0.2, -0.15) is 0 Å². The molecule has 4 unspecified atom stereocenters. The molecule has 0 heterocycles. The summed E-state index contributed by atoms with van der Waals surface area (Å²) >= 11 is 3.64. The van der Waals surface area contributed by atoms with Crippen molar-refractivity contribution in [1.82, 2.24) is 5.43 Å².